The van der Waals surface area contributed by atoms with Gasteiger partial charge >= 0.3 is 0 Å². The standard InChI is InChI=1S/C21H24FN5/c1-3-23-21(24-12-17-10-9-16(2)20(22)11-17)25-13-18-14-26-27(15-18)19-7-5-4-6-8-19/h4-11,14-15H,3,12-13H2,1-2H3,(H2,23,24,25). The molecule has 0 bridgehead atoms. The quantitative estimate of drug-likeness (QED) is 0.519. The first-order chi connectivity index (χ1) is 13.2. The minimum Gasteiger partial charge on any atom is -0.357 e. The van der Waals surface area contributed by atoms with Crippen molar-refractivity contribution in [1.82, 2.24) is 20.4 Å². The number of hydrogen-bond donors (Lipinski definition) is 2. The van der Waals surface area contributed by atoms with Gasteiger partial charge in [-0.05, 0) is 43.2 Å². The SMILES string of the molecule is CCNC(=NCc1cnn(-c2ccccc2)c1)NCc1ccc(C)c(F)c1. The van der Waals surface area contributed by atoms with E-state index in [1.807, 2.05) is 60.4 Å². The van der Waals surface area contributed by atoms with Gasteiger partial charge in [-0.1, -0.05) is 30.3 Å². The van der Waals surface area contributed by atoms with Crippen LogP contribution in [0.15, 0.2) is 65.9 Å². The van der Waals surface area contributed by atoms with E-state index in [1.54, 1.807) is 19.1 Å². The highest BCUT2D eigenvalue weighted by Gasteiger charge is 2.03. The Morgan fingerprint density at radius 3 is 2.67 bits per heavy atom. The van der Waals surface area contributed by atoms with Gasteiger partial charge in [0.1, 0.15) is 5.82 Å². The van der Waals surface area contributed by atoms with Gasteiger partial charge in [0.05, 0.1) is 18.4 Å². The highest BCUT2D eigenvalue weighted by Crippen LogP contribution is 2.10. The lowest BCUT2D eigenvalue weighted by molar-refractivity contribution is 0.615. The highest BCUT2D eigenvalue weighted by atomic mass is 19.1. The highest BCUT2D eigenvalue weighted by molar-refractivity contribution is 5.79. The second kappa shape index (κ2) is 8.98. The Hall–Kier alpha value is -3.15. The second-order valence-electron chi connectivity index (χ2n) is 6.26. The maximum atomic E-state index is 13.7. The van der Waals surface area contributed by atoms with Crippen LogP contribution in [0.4, 0.5) is 4.39 Å². The Bertz CT molecular complexity index is 902. The summed E-state index contributed by atoms with van der Waals surface area (Å²) >= 11 is 0. The van der Waals surface area contributed by atoms with Crippen molar-refractivity contribution >= 4 is 5.96 Å². The van der Waals surface area contributed by atoms with Gasteiger partial charge in [-0.25, -0.2) is 14.1 Å². The topological polar surface area (TPSA) is 54.2 Å². The Kier molecular flexibility index (Phi) is 6.20. The minimum absolute atomic E-state index is 0.190. The van der Waals surface area contributed by atoms with Crippen LogP contribution in [0, 0.1) is 12.7 Å². The van der Waals surface area contributed by atoms with Gasteiger partial charge in [-0.3, -0.25) is 0 Å². The molecule has 2 N–H and O–H groups in total. The first-order valence-corrected chi connectivity index (χ1v) is 9.02. The molecule has 140 valence electrons. The molecule has 27 heavy (non-hydrogen) atoms. The van der Waals surface area contributed by atoms with E-state index in [9.17, 15) is 4.39 Å². The number of nitrogens with one attached hydrogen (secondary N) is 2. The van der Waals surface area contributed by atoms with E-state index in [-0.39, 0.29) is 5.82 Å². The monoisotopic (exact) mass is 365 g/mol. The molecule has 0 amide bonds. The molecule has 0 aliphatic rings. The number of rotatable bonds is 6. The van der Waals surface area contributed by atoms with Gasteiger partial charge in [0.25, 0.3) is 0 Å². The molecule has 0 aliphatic carbocycles. The average molecular weight is 365 g/mol. The lowest BCUT2D eigenvalue weighted by Gasteiger charge is -2.11. The summed E-state index contributed by atoms with van der Waals surface area (Å²) in [6.07, 6.45) is 3.78. The van der Waals surface area contributed by atoms with E-state index < -0.39 is 0 Å². The normalized spacial score (nSPS) is 11.4. The van der Waals surface area contributed by atoms with E-state index in [1.165, 1.54) is 0 Å². The molecule has 0 unspecified atom stereocenters. The molecule has 0 fully saturated rings. The van der Waals surface area contributed by atoms with Gasteiger partial charge in [-0.2, -0.15) is 5.10 Å². The van der Waals surface area contributed by atoms with Crippen molar-refractivity contribution in [2.75, 3.05) is 6.54 Å². The zero-order chi connectivity index (χ0) is 19.1. The molecule has 6 heteroatoms. The van der Waals surface area contributed by atoms with Crippen LogP contribution in [0.3, 0.4) is 0 Å². The van der Waals surface area contributed by atoms with Crippen LogP contribution in [-0.4, -0.2) is 22.3 Å². The molecule has 0 aliphatic heterocycles. The maximum Gasteiger partial charge on any atom is 0.191 e. The molecule has 0 atom stereocenters. The number of para-hydroxylation sites is 1. The summed E-state index contributed by atoms with van der Waals surface area (Å²) in [5, 5.41) is 10.8. The van der Waals surface area contributed by atoms with Crippen molar-refractivity contribution in [1.29, 1.82) is 0 Å². The predicted molar refractivity (Wildman–Crippen MR) is 106 cm³/mol. The van der Waals surface area contributed by atoms with Crippen molar-refractivity contribution in [3.05, 3.63) is 83.4 Å². The van der Waals surface area contributed by atoms with Gasteiger partial charge in [0.2, 0.25) is 0 Å². The fraction of sp³-hybridized carbons (Fsp3) is 0.238. The molecule has 0 radical (unpaired) electrons. The molecular formula is C21H24FN5. The lowest BCUT2D eigenvalue weighted by Crippen LogP contribution is -2.36. The van der Waals surface area contributed by atoms with Gasteiger partial charge < -0.3 is 10.6 Å². The Balaban J connectivity index is 1.63. The third-order valence-electron chi connectivity index (χ3n) is 4.12. The van der Waals surface area contributed by atoms with Gasteiger partial charge in [0, 0.05) is 24.8 Å². The second-order valence-corrected chi connectivity index (χ2v) is 6.26. The minimum atomic E-state index is -0.190. The third kappa shape index (κ3) is 5.17. The largest absolute Gasteiger partial charge is 0.357 e. The molecule has 1 aromatic heterocycles. The summed E-state index contributed by atoms with van der Waals surface area (Å²) in [7, 11) is 0. The summed E-state index contributed by atoms with van der Waals surface area (Å²) in [5.41, 5.74) is 3.55. The Labute approximate surface area is 159 Å². The Morgan fingerprint density at radius 2 is 1.93 bits per heavy atom. The van der Waals surface area contributed by atoms with E-state index in [0.717, 1.165) is 23.4 Å². The van der Waals surface area contributed by atoms with Crippen LogP contribution >= 0.6 is 0 Å². The predicted octanol–water partition coefficient (Wildman–Crippen LogP) is 3.58. The number of aliphatic imine (C=N–C) groups is 1. The number of halogens is 1. The van der Waals surface area contributed by atoms with Crippen LogP contribution in [0.25, 0.3) is 5.69 Å². The molecule has 2 aromatic carbocycles. The van der Waals surface area contributed by atoms with Crippen molar-refractivity contribution in [3.63, 3.8) is 0 Å². The Morgan fingerprint density at radius 1 is 1.11 bits per heavy atom. The van der Waals surface area contributed by atoms with Crippen molar-refractivity contribution in [3.8, 4) is 5.69 Å². The van der Waals surface area contributed by atoms with E-state index in [2.05, 4.69) is 20.7 Å². The van der Waals surface area contributed by atoms with E-state index in [4.69, 9.17) is 0 Å². The number of guanidine groups is 1. The summed E-state index contributed by atoms with van der Waals surface area (Å²) < 4.78 is 15.5. The lowest BCUT2D eigenvalue weighted by atomic mass is 10.1. The third-order valence-corrected chi connectivity index (χ3v) is 4.12. The maximum absolute atomic E-state index is 13.7. The molecule has 0 spiro atoms. The van der Waals surface area contributed by atoms with Gasteiger partial charge in [0.15, 0.2) is 5.96 Å². The van der Waals surface area contributed by atoms with Crippen LogP contribution < -0.4 is 10.6 Å². The molecular weight excluding hydrogens is 341 g/mol. The van der Waals surface area contributed by atoms with Crippen LogP contribution in [0.2, 0.25) is 0 Å². The fourth-order valence-electron chi connectivity index (χ4n) is 2.61. The molecule has 3 rings (SSSR count). The molecule has 0 saturated heterocycles. The number of hydrogen-bond acceptors (Lipinski definition) is 2. The number of aryl methyl sites for hydroxylation is 1. The van der Waals surface area contributed by atoms with E-state index in [0.29, 0.717) is 24.6 Å². The number of aromatic nitrogens is 2. The molecule has 1 heterocycles. The zero-order valence-corrected chi connectivity index (χ0v) is 15.6. The van der Waals surface area contributed by atoms with Crippen LogP contribution in [0.5, 0.6) is 0 Å². The van der Waals surface area contributed by atoms with Crippen molar-refractivity contribution in [2.24, 2.45) is 4.99 Å². The molecule has 0 saturated carbocycles. The summed E-state index contributed by atoms with van der Waals surface area (Å²) in [5.74, 6) is 0.496. The number of nitrogens with zero attached hydrogens (tertiary/aromatic N) is 3. The fourth-order valence-corrected chi connectivity index (χ4v) is 2.61. The molecule has 5 nitrogen and oxygen atoms in total. The summed E-state index contributed by atoms with van der Waals surface area (Å²) in [4.78, 5) is 4.59. The zero-order valence-electron chi connectivity index (χ0n) is 15.6. The first kappa shape index (κ1) is 18.6. The van der Waals surface area contributed by atoms with Gasteiger partial charge in [-0.15, -0.1) is 0 Å². The van der Waals surface area contributed by atoms with Crippen LogP contribution in [-0.2, 0) is 13.1 Å². The van der Waals surface area contributed by atoms with Crippen LogP contribution in [0.1, 0.15) is 23.6 Å². The first-order valence-electron chi connectivity index (χ1n) is 9.02. The van der Waals surface area contributed by atoms with Crippen molar-refractivity contribution in [2.45, 2.75) is 26.9 Å². The molecule has 3 aromatic rings. The average Bonchev–Trinajstić information content (AvgIpc) is 3.16. The number of benzene rings is 2. The summed E-state index contributed by atoms with van der Waals surface area (Å²) in [6, 6.07) is 15.2. The van der Waals surface area contributed by atoms with Crippen molar-refractivity contribution < 1.29 is 4.39 Å². The smallest absolute Gasteiger partial charge is 0.191 e. The van der Waals surface area contributed by atoms with E-state index >= 15 is 0 Å². The summed E-state index contributed by atoms with van der Waals surface area (Å²) in [6.45, 7) is 5.53.